The van der Waals surface area contributed by atoms with Crippen molar-refractivity contribution in [3.8, 4) is 11.8 Å². The number of ether oxygens (including phenoxy) is 1. The van der Waals surface area contributed by atoms with Gasteiger partial charge in [0.15, 0.2) is 0 Å². The van der Waals surface area contributed by atoms with Crippen LogP contribution in [-0.4, -0.2) is 18.2 Å². The lowest BCUT2D eigenvalue weighted by molar-refractivity contribution is 0.0535. The fourth-order valence-corrected chi connectivity index (χ4v) is 1.31. The molecule has 20 heavy (non-hydrogen) atoms. The van der Waals surface area contributed by atoms with Crippen LogP contribution in [-0.2, 0) is 4.74 Å². The summed E-state index contributed by atoms with van der Waals surface area (Å²) in [6, 6.07) is 2.04. The molecule has 0 atom stereocenters. The van der Waals surface area contributed by atoms with Crippen LogP contribution in [0.15, 0.2) is 12.1 Å². The summed E-state index contributed by atoms with van der Waals surface area (Å²) in [5.41, 5.74) is -0.463. The van der Waals surface area contributed by atoms with Gasteiger partial charge in [0.1, 0.15) is 22.3 Å². The van der Waals surface area contributed by atoms with Crippen molar-refractivity contribution < 1.29 is 18.3 Å². The number of rotatable bonds is 1. The minimum Gasteiger partial charge on any atom is -0.444 e. The average molecular weight is 302 g/mol. The molecule has 1 amide bonds. The first kappa shape index (κ1) is 16.3. The highest BCUT2D eigenvalue weighted by atomic mass is 35.5. The maximum atomic E-state index is 13.1. The normalized spacial score (nSPS) is 10.5. The summed E-state index contributed by atoms with van der Waals surface area (Å²) in [6.07, 6.45) is -0.611. The number of hydrogen-bond donors (Lipinski definition) is 1. The van der Waals surface area contributed by atoms with Crippen LogP contribution in [0, 0.1) is 23.5 Å². The Balaban J connectivity index is 2.58. The molecule has 0 aliphatic carbocycles. The molecule has 0 saturated heterocycles. The number of nitrogens with one attached hydrogen (secondary N) is 1. The van der Waals surface area contributed by atoms with Gasteiger partial charge in [-0.15, -0.1) is 0 Å². The lowest BCUT2D eigenvalue weighted by Gasteiger charge is -2.18. The third kappa shape index (κ3) is 5.45. The zero-order valence-electron chi connectivity index (χ0n) is 11.3. The Labute approximate surface area is 121 Å². The van der Waals surface area contributed by atoms with Gasteiger partial charge in [-0.1, -0.05) is 23.4 Å². The lowest BCUT2D eigenvalue weighted by Crippen LogP contribution is -2.32. The topological polar surface area (TPSA) is 38.3 Å². The van der Waals surface area contributed by atoms with Crippen molar-refractivity contribution in [3.63, 3.8) is 0 Å². The van der Waals surface area contributed by atoms with E-state index in [0.717, 1.165) is 12.1 Å². The van der Waals surface area contributed by atoms with E-state index in [4.69, 9.17) is 16.3 Å². The van der Waals surface area contributed by atoms with Gasteiger partial charge in [0.05, 0.1) is 6.54 Å². The van der Waals surface area contributed by atoms with Gasteiger partial charge in [0, 0.05) is 5.56 Å². The monoisotopic (exact) mass is 301 g/mol. The quantitative estimate of drug-likeness (QED) is 0.637. The van der Waals surface area contributed by atoms with Crippen molar-refractivity contribution >= 4 is 17.7 Å². The Morgan fingerprint density at radius 1 is 1.35 bits per heavy atom. The second kappa shape index (κ2) is 6.58. The van der Waals surface area contributed by atoms with E-state index in [-0.39, 0.29) is 12.1 Å². The van der Waals surface area contributed by atoms with Gasteiger partial charge < -0.3 is 10.1 Å². The van der Waals surface area contributed by atoms with Crippen molar-refractivity contribution in [1.29, 1.82) is 0 Å². The summed E-state index contributed by atoms with van der Waals surface area (Å²) in [6.45, 7) is 5.20. The van der Waals surface area contributed by atoms with Crippen molar-refractivity contribution in [2.75, 3.05) is 6.54 Å². The van der Waals surface area contributed by atoms with E-state index >= 15 is 0 Å². The Kier molecular flexibility index (Phi) is 5.34. The van der Waals surface area contributed by atoms with Gasteiger partial charge in [-0.05, 0) is 32.9 Å². The van der Waals surface area contributed by atoms with Gasteiger partial charge in [0.2, 0.25) is 0 Å². The number of hydrogen-bond acceptors (Lipinski definition) is 2. The zero-order chi connectivity index (χ0) is 15.3. The summed E-state index contributed by atoms with van der Waals surface area (Å²) < 4.78 is 31.3. The second-order valence-corrected chi connectivity index (χ2v) is 5.29. The molecule has 0 spiro atoms. The van der Waals surface area contributed by atoms with Crippen LogP contribution in [0.25, 0.3) is 0 Å². The van der Waals surface area contributed by atoms with Crippen molar-refractivity contribution in [2.45, 2.75) is 26.4 Å². The number of alkyl carbamates (subject to hydrolysis) is 1. The molecule has 0 saturated carbocycles. The van der Waals surface area contributed by atoms with E-state index in [1.54, 1.807) is 20.8 Å². The first-order chi connectivity index (χ1) is 9.19. The van der Waals surface area contributed by atoms with Crippen LogP contribution >= 0.6 is 11.6 Å². The summed E-state index contributed by atoms with van der Waals surface area (Å²) >= 11 is 5.34. The van der Waals surface area contributed by atoms with Crippen LogP contribution in [0.1, 0.15) is 26.3 Å². The largest absolute Gasteiger partial charge is 0.444 e. The molecule has 108 valence electrons. The predicted octanol–water partition coefficient (Wildman–Crippen LogP) is 3.49. The Morgan fingerprint density at radius 3 is 2.40 bits per heavy atom. The minimum atomic E-state index is -0.879. The molecule has 0 aliphatic heterocycles. The van der Waals surface area contributed by atoms with E-state index < -0.39 is 28.4 Å². The maximum absolute atomic E-state index is 13.1. The molecule has 0 aliphatic rings. The van der Waals surface area contributed by atoms with E-state index in [2.05, 4.69) is 17.2 Å². The fourth-order valence-electron chi connectivity index (χ4n) is 1.20. The summed E-state index contributed by atoms with van der Waals surface area (Å²) in [7, 11) is 0. The van der Waals surface area contributed by atoms with E-state index in [1.165, 1.54) is 0 Å². The number of amides is 1. The summed E-state index contributed by atoms with van der Waals surface area (Å²) in [4.78, 5) is 11.3. The predicted molar refractivity (Wildman–Crippen MR) is 72.5 cm³/mol. The highest BCUT2D eigenvalue weighted by molar-refractivity contribution is 6.30. The van der Waals surface area contributed by atoms with Crippen LogP contribution in [0.3, 0.4) is 0 Å². The van der Waals surface area contributed by atoms with Crippen LogP contribution in [0.2, 0.25) is 5.02 Å². The third-order valence-corrected chi connectivity index (χ3v) is 2.30. The zero-order valence-corrected chi connectivity index (χ0v) is 12.1. The standard InChI is InChI=1S/C14H14ClF2NO2/c1-14(2,3)20-13(19)18-6-4-5-9-7-10(16)12(15)11(17)8-9/h7-8H,6H2,1-3H3,(H,18,19). The molecule has 0 radical (unpaired) electrons. The van der Waals surface area contributed by atoms with Crippen molar-refractivity contribution in [1.82, 2.24) is 5.32 Å². The smallest absolute Gasteiger partial charge is 0.408 e. The van der Waals surface area contributed by atoms with E-state index in [1.807, 2.05) is 0 Å². The molecule has 1 aromatic carbocycles. The Hall–Kier alpha value is -1.80. The van der Waals surface area contributed by atoms with E-state index in [9.17, 15) is 13.6 Å². The number of carbonyl (C=O) groups is 1. The Bertz CT molecular complexity index is 548. The lowest BCUT2D eigenvalue weighted by atomic mass is 10.2. The van der Waals surface area contributed by atoms with Crippen LogP contribution in [0.5, 0.6) is 0 Å². The highest BCUT2D eigenvalue weighted by Crippen LogP contribution is 2.19. The van der Waals surface area contributed by atoms with Crippen molar-refractivity contribution in [2.24, 2.45) is 0 Å². The number of carbonyl (C=O) groups excluding carboxylic acids is 1. The third-order valence-electron chi connectivity index (χ3n) is 1.94. The SMILES string of the molecule is CC(C)(C)OC(=O)NCC#Cc1cc(F)c(Cl)c(F)c1. The van der Waals surface area contributed by atoms with Crippen molar-refractivity contribution in [3.05, 3.63) is 34.4 Å². The molecule has 0 aromatic heterocycles. The molecule has 0 unspecified atom stereocenters. The van der Waals surface area contributed by atoms with Gasteiger partial charge >= 0.3 is 6.09 Å². The Morgan fingerprint density at radius 2 is 1.90 bits per heavy atom. The minimum absolute atomic E-state index is 0.000772. The molecule has 0 bridgehead atoms. The summed E-state index contributed by atoms with van der Waals surface area (Å²) in [5, 5.41) is 1.83. The fraction of sp³-hybridized carbons (Fsp3) is 0.357. The first-order valence-corrected chi connectivity index (χ1v) is 6.17. The van der Waals surface area contributed by atoms with Gasteiger partial charge in [-0.25, -0.2) is 13.6 Å². The second-order valence-electron chi connectivity index (χ2n) is 4.91. The summed E-state index contributed by atoms with van der Waals surface area (Å²) in [5.74, 6) is 3.31. The van der Waals surface area contributed by atoms with Crippen LogP contribution in [0.4, 0.5) is 13.6 Å². The average Bonchev–Trinajstić information content (AvgIpc) is 2.29. The molecule has 0 fully saturated rings. The first-order valence-electron chi connectivity index (χ1n) is 5.79. The number of halogens is 3. The highest BCUT2D eigenvalue weighted by Gasteiger charge is 2.15. The molecular weight excluding hydrogens is 288 g/mol. The molecular formula is C14H14ClF2NO2. The van der Waals surface area contributed by atoms with Gasteiger partial charge in [-0.3, -0.25) is 0 Å². The van der Waals surface area contributed by atoms with Crippen LogP contribution < -0.4 is 5.32 Å². The van der Waals surface area contributed by atoms with Gasteiger partial charge in [0.25, 0.3) is 0 Å². The number of benzene rings is 1. The van der Waals surface area contributed by atoms with E-state index in [0.29, 0.717) is 0 Å². The maximum Gasteiger partial charge on any atom is 0.408 e. The van der Waals surface area contributed by atoms with Gasteiger partial charge in [-0.2, -0.15) is 0 Å². The molecule has 3 nitrogen and oxygen atoms in total. The molecule has 6 heteroatoms. The molecule has 1 N–H and O–H groups in total. The molecule has 1 aromatic rings. The molecule has 1 rings (SSSR count). The molecule has 0 heterocycles.